The molecule has 1 unspecified atom stereocenters. The maximum atomic E-state index is 11.6. The highest BCUT2D eigenvalue weighted by Crippen LogP contribution is 2.14. The van der Waals surface area contributed by atoms with Crippen LogP contribution in [0.25, 0.3) is 0 Å². The van der Waals surface area contributed by atoms with E-state index in [0.717, 1.165) is 5.56 Å². The van der Waals surface area contributed by atoms with Gasteiger partial charge in [0.1, 0.15) is 0 Å². The van der Waals surface area contributed by atoms with E-state index < -0.39 is 5.60 Å². The Morgan fingerprint density at radius 2 is 2.06 bits per heavy atom. The van der Waals surface area contributed by atoms with Crippen LogP contribution >= 0.6 is 0 Å². The van der Waals surface area contributed by atoms with Gasteiger partial charge in [-0.2, -0.15) is 0 Å². The lowest BCUT2D eigenvalue weighted by Crippen LogP contribution is -2.44. The second-order valence-corrected chi connectivity index (χ2v) is 5.14. The molecule has 0 fully saturated rings. The van der Waals surface area contributed by atoms with E-state index in [1.54, 1.807) is 19.3 Å². The predicted molar refractivity (Wildman–Crippen MR) is 71.0 cm³/mol. The summed E-state index contributed by atoms with van der Waals surface area (Å²) >= 11 is 0. The number of amides is 1. The molecule has 0 aliphatic rings. The highest BCUT2D eigenvalue weighted by molar-refractivity contribution is 5.76. The zero-order chi connectivity index (χ0) is 13.6. The van der Waals surface area contributed by atoms with Gasteiger partial charge in [0.15, 0.2) is 0 Å². The lowest BCUT2D eigenvalue weighted by molar-refractivity contribution is -0.122. The largest absolute Gasteiger partial charge is 0.388 e. The van der Waals surface area contributed by atoms with Crippen LogP contribution in [0.5, 0.6) is 0 Å². The van der Waals surface area contributed by atoms with Gasteiger partial charge in [-0.15, -0.1) is 0 Å². The molecule has 1 aromatic rings. The minimum atomic E-state index is -0.855. The van der Waals surface area contributed by atoms with Gasteiger partial charge in [-0.25, -0.2) is 0 Å². The first-order chi connectivity index (χ1) is 8.42. The molecule has 18 heavy (non-hydrogen) atoms. The first kappa shape index (κ1) is 14.6. The van der Waals surface area contributed by atoms with Crippen LogP contribution in [0.4, 0.5) is 0 Å². The van der Waals surface area contributed by atoms with Gasteiger partial charge in [-0.3, -0.25) is 9.78 Å². The third-order valence-electron chi connectivity index (χ3n) is 3.28. The lowest BCUT2D eigenvalue weighted by Gasteiger charge is -2.27. The number of carbonyl (C=O) groups is 1. The third-order valence-corrected chi connectivity index (χ3v) is 3.28. The summed E-state index contributed by atoms with van der Waals surface area (Å²) in [6, 6.07) is 3.80. The molecule has 1 atom stereocenters. The van der Waals surface area contributed by atoms with Crippen molar-refractivity contribution in [2.24, 2.45) is 5.92 Å². The molecule has 0 saturated carbocycles. The van der Waals surface area contributed by atoms with Gasteiger partial charge < -0.3 is 10.4 Å². The predicted octanol–water partition coefficient (Wildman–Crippen LogP) is 1.54. The Morgan fingerprint density at radius 1 is 1.44 bits per heavy atom. The van der Waals surface area contributed by atoms with E-state index in [2.05, 4.69) is 10.3 Å². The van der Waals surface area contributed by atoms with E-state index in [1.165, 1.54) is 0 Å². The summed E-state index contributed by atoms with van der Waals surface area (Å²) < 4.78 is 0. The fourth-order valence-corrected chi connectivity index (χ4v) is 1.38. The molecule has 0 saturated heterocycles. The molecule has 0 bridgehead atoms. The monoisotopic (exact) mass is 250 g/mol. The molecule has 0 aliphatic heterocycles. The summed E-state index contributed by atoms with van der Waals surface area (Å²) in [6.07, 6.45) is 4.56. The Kier molecular flexibility index (Phi) is 5.28. The van der Waals surface area contributed by atoms with Crippen LogP contribution in [0.3, 0.4) is 0 Å². The summed E-state index contributed by atoms with van der Waals surface area (Å²) in [5.74, 6) is 0.0748. The summed E-state index contributed by atoms with van der Waals surface area (Å²) in [6.45, 7) is 5.90. The summed E-state index contributed by atoms with van der Waals surface area (Å²) in [5.41, 5.74) is 0.238. The van der Waals surface area contributed by atoms with Gasteiger partial charge in [0.05, 0.1) is 5.60 Å². The number of rotatable bonds is 6. The van der Waals surface area contributed by atoms with Crippen molar-refractivity contribution < 1.29 is 9.90 Å². The molecule has 0 radical (unpaired) electrons. The Balaban J connectivity index is 2.31. The molecule has 100 valence electrons. The van der Waals surface area contributed by atoms with Crippen LogP contribution in [0, 0.1) is 5.92 Å². The van der Waals surface area contributed by atoms with Gasteiger partial charge in [0, 0.05) is 25.4 Å². The van der Waals surface area contributed by atoms with Crippen molar-refractivity contribution in [2.45, 2.75) is 39.2 Å². The van der Waals surface area contributed by atoms with Crippen molar-refractivity contribution in [1.82, 2.24) is 10.3 Å². The first-order valence-corrected chi connectivity index (χ1v) is 6.30. The van der Waals surface area contributed by atoms with Crippen LogP contribution in [-0.4, -0.2) is 28.1 Å². The minimum absolute atomic E-state index is 0.0345. The van der Waals surface area contributed by atoms with E-state index in [0.29, 0.717) is 19.4 Å². The van der Waals surface area contributed by atoms with E-state index in [1.807, 2.05) is 26.0 Å². The van der Waals surface area contributed by atoms with Crippen LogP contribution in [-0.2, 0) is 11.2 Å². The van der Waals surface area contributed by atoms with E-state index in [4.69, 9.17) is 0 Å². The number of pyridine rings is 1. The molecule has 0 aromatic carbocycles. The molecular formula is C14H22N2O2. The van der Waals surface area contributed by atoms with Crippen molar-refractivity contribution in [2.75, 3.05) is 6.54 Å². The molecule has 4 nitrogen and oxygen atoms in total. The highest BCUT2D eigenvalue weighted by atomic mass is 16.3. The number of carbonyl (C=O) groups excluding carboxylic acids is 1. The Bertz CT molecular complexity index is 375. The second-order valence-electron chi connectivity index (χ2n) is 5.14. The van der Waals surface area contributed by atoms with Gasteiger partial charge in [-0.1, -0.05) is 13.8 Å². The SMILES string of the molecule is CC(C)C(C)(O)CNC(=O)CCc1ccncc1. The smallest absolute Gasteiger partial charge is 0.220 e. The van der Waals surface area contributed by atoms with Crippen LogP contribution in [0.1, 0.15) is 32.8 Å². The molecule has 1 amide bonds. The Morgan fingerprint density at radius 3 is 2.61 bits per heavy atom. The third kappa shape index (κ3) is 4.84. The quantitative estimate of drug-likeness (QED) is 0.805. The Hall–Kier alpha value is -1.42. The molecule has 1 heterocycles. The molecule has 0 aliphatic carbocycles. The number of hydrogen-bond acceptors (Lipinski definition) is 3. The van der Waals surface area contributed by atoms with Crippen molar-refractivity contribution in [3.05, 3.63) is 30.1 Å². The molecule has 4 heteroatoms. The lowest BCUT2D eigenvalue weighted by atomic mass is 9.92. The molecule has 2 N–H and O–H groups in total. The fraction of sp³-hybridized carbons (Fsp3) is 0.571. The number of hydrogen-bond donors (Lipinski definition) is 2. The number of nitrogens with one attached hydrogen (secondary N) is 1. The number of aryl methyl sites for hydroxylation is 1. The standard InChI is InChI=1S/C14H22N2O2/c1-11(2)14(3,18)10-16-13(17)5-4-12-6-8-15-9-7-12/h6-9,11,18H,4-5,10H2,1-3H3,(H,16,17). The van der Waals surface area contributed by atoms with Gasteiger partial charge in [0.25, 0.3) is 0 Å². The van der Waals surface area contributed by atoms with Gasteiger partial charge >= 0.3 is 0 Å². The van der Waals surface area contributed by atoms with E-state index >= 15 is 0 Å². The van der Waals surface area contributed by atoms with Gasteiger partial charge in [-0.05, 0) is 37.0 Å². The first-order valence-electron chi connectivity index (χ1n) is 6.30. The number of aliphatic hydroxyl groups is 1. The molecule has 1 rings (SSSR count). The zero-order valence-electron chi connectivity index (χ0n) is 11.3. The maximum Gasteiger partial charge on any atom is 0.220 e. The summed E-state index contributed by atoms with van der Waals surface area (Å²) in [7, 11) is 0. The van der Waals surface area contributed by atoms with Crippen molar-refractivity contribution in [3.8, 4) is 0 Å². The average Bonchev–Trinajstić information content (AvgIpc) is 2.35. The van der Waals surface area contributed by atoms with Crippen molar-refractivity contribution in [1.29, 1.82) is 0 Å². The van der Waals surface area contributed by atoms with E-state index in [-0.39, 0.29) is 11.8 Å². The maximum absolute atomic E-state index is 11.6. The van der Waals surface area contributed by atoms with Gasteiger partial charge in [0.2, 0.25) is 5.91 Å². The van der Waals surface area contributed by atoms with E-state index in [9.17, 15) is 9.90 Å². The van der Waals surface area contributed by atoms with Crippen molar-refractivity contribution in [3.63, 3.8) is 0 Å². The highest BCUT2D eigenvalue weighted by Gasteiger charge is 2.25. The summed E-state index contributed by atoms with van der Waals surface area (Å²) in [4.78, 5) is 15.6. The average molecular weight is 250 g/mol. The topological polar surface area (TPSA) is 62.2 Å². The van der Waals surface area contributed by atoms with Crippen LogP contribution < -0.4 is 5.32 Å². The Labute approximate surface area is 108 Å². The van der Waals surface area contributed by atoms with Crippen molar-refractivity contribution >= 4 is 5.91 Å². The zero-order valence-corrected chi connectivity index (χ0v) is 11.3. The van der Waals surface area contributed by atoms with Crippen LogP contribution in [0.2, 0.25) is 0 Å². The number of aromatic nitrogens is 1. The molecule has 0 spiro atoms. The summed E-state index contributed by atoms with van der Waals surface area (Å²) in [5, 5.41) is 12.8. The second kappa shape index (κ2) is 6.50. The fourth-order valence-electron chi connectivity index (χ4n) is 1.38. The normalized spacial score (nSPS) is 14.3. The van der Waals surface area contributed by atoms with Crippen LogP contribution in [0.15, 0.2) is 24.5 Å². The minimum Gasteiger partial charge on any atom is -0.388 e. The number of nitrogens with zero attached hydrogens (tertiary/aromatic N) is 1. The molecule has 1 aromatic heterocycles. The molecular weight excluding hydrogens is 228 g/mol.